The smallest absolute Gasteiger partial charge is 0.308 e. The second kappa shape index (κ2) is 4.59. The van der Waals surface area contributed by atoms with Gasteiger partial charge in [-0.25, -0.2) is 5.90 Å². The van der Waals surface area contributed by atoms with Crippen molar-refractivity contribution in [1.82, 2.24) is 0 Å². The van der Waals surface area contributed by atoms with Crippen molar-refractivity contribution in [2.75, 3.05) is 0 Å². The van der Waals surface area contributed by atoms with Gasteiger partial charge in [-0.15, -0.1) is 0 Å². The summed E-state index contributed by atoms with van der Waals surface area (Å²) in [4.78, 5) is 15.0. The van der Waals surface area contributed by atoms with Crippen LogP contribution in [0, 0.1) is 0 Å². The number of nitrogens with two attached hydrogens (primary N) is 1. The summed E-state index contributed by atoms with van der Waals surface area (Å²) in [5.41, 5.74) is 0.929. The van der Waals surface area contributed by atoms with Crippen LogP contribution in [0.1, 0.15) is 12.5 Å². The Morgan fingerprint density at radius 1 is 1.38 bits per heavy atom. The van der Waals surface area contributed by atoms with Gasteiger partial charge in [-0.05, 0) is 17.7 Å². The van der Waals surface area contributed by atoms with E-state index in [1.54, 1.807) is 24.3 Å². The van der Waals surface area contributed by atoms with Gasteiger partial charge in [-0.1, -0.05) is 12.1 Å². The topological polar surface area (TPSA) is 61.5 Å². The molecular weight excluding hydrogens is 170 g/mol. The van der Waals surface area contributed by atoms with Crippen LogP contribution in [0.4, 0.5) is 0 Å². The summed E-state index contributed by atoms with van der Waals surface area (Å²) < 4.78 is 4.84. The van der Waals surface area contributed by atoms with E-state index in [4.69, 9.17) is 10.6 Å². The molecule has 0 aromatic heterocycles. The fraction of sp³-hybridized carbons (Fsp3) is 0.222. The van der Waals surface area contributed by atoms with Crippen LogP contribution in [-0.2, 0) is 16.2 Å². The third kappa shape index (κ3) is 3.23. The molecule has 0 saturated heterocycles. The Morgan fingerprint density at radius 3 is 2.46 bits per heavy atom. The monoisotopic (exact) mass is 181 g/mol. The zero-order chi connectivity index (χ0) is 9.68. The maximum absolute atomic E-state index is 10.6. The number of benzene rings is 1. The molecule has 0 amide bonds. The third-order valence-corrected chi connectivity index (χ3v) is 1.43. The van der Waals surface area contributed by atoms with Crippen LogP contribution in [0.3, 0.4) is 0 Å². The summed E-state index contributed by atoms with van der Waals surface area (Å²) in [6.45, 7) is 1.71. The summed E-state index contributed by atoms with van der Waals surface area (Å²) >= 11 is 0. The molecule has 1 aromatic carbocycles. The molecular formula is C9H11NO3. The highest BCUT2D eigenvalue weighted by Crippen LogP contribution is 2.12. The molecule has 2 N–H and O–H groups in total. The zero-order valence-electron chi connectivity index (χ0n) is 7.32. The van der Waals surface area contributed by atoms with Crippen LogP contribution in [0.2, 0.25) is 0 Å². The van der Waals surface area contributed by atoms with Gasteiger partial charge in [0.1, 0.15) is 5.75 Å². The number of esters is 1. The van der Waals surface area contributed by atoms with Crippen molar-refractivity contribution < 1.29 is 14.4 Å². The Labute approximate surface area is 76.2 Å². The first-order chi connectivity index (χ1) is 6.22. The van der Waals surface area contributed by atoms with Crippen molar-refractivity contribution >= 4 is 5.97 Å². The van der Waals surface area contributed by atoms with Crippen LogP contribution >= 0.6 is 0 Å². The van der Waals surface area contributed by atoms with E-state index in [1.807, 2.05) is 0 Å². The number of hydrogen-bond donors (Lipinski definition) is 1. The molecule has 13 heavy (non-hydrogen) atoms. The molecule has 70 valence electrons. The van der Waals surface area contributed by atoms with Gasteiger partial charge < -0.3 is 4.74 Å². The molecule has 0 radical (unpaired) electrons. The van der Waals surface area contributed by atoms with Crippen molar-refractivity contribution in [3.63, 3.8) is 0 Å². The van der Waals surface area contributed by atoms with Gasteiger partial charge in [0.25, 0.3) is 0 Å². The minimum atomic E-state index is -0.331. The Morgan fingerprint density at radius 2 is 2.00 bits per heavy atom. The highest BCUT2D eigenvalue weighted by atomic mass is 16.6. The SMILES string of the molecule is CC(=O)Oc1ccc(CON)cc1. The van der Waals surface area contributed by atoms with Gasteiger partial charge in [0.05, 0.1) is 6.61 Å². The molecule has 0 spiro atoms. The maximum atomic E-state index is 10.6. The van der Waals surface area contributed by atoms with E-state index in [9.17, 15) is 4.79 Å². The molecule has 0 aliphatic carbocycles. The minimum absolute atomic E-state index is 0.331. The van der Waals surface area contributed by atoms with Gasteiger partial charge in [0, 0.05) is 6.92 Å². The molecule has 0 aliphatic rings. The Bertz CT molecular complexity index is 281. The van der Waals surface area contributed by atoms with Crippen LogP contribution in [-0.4, -0.2) is 5.97 Å². The molecule has 0 bridgehead atoms. The van der Waals surface area contributed by atoms with Gasteiger partial charge in [-0.2, -0.15) is 0 Å². The second-order valence-electron chi connectivity index (χ2n) is 2.55. The first kappa shape index (κ1) is 9.70. The molecule has 0 aliphatic heterocycles. The molecule has 1 rings (SSSR count). The summed E-state index contributed by atoms with van der Waals surface area (Å²) in [7, 11) is 0. The molecule has 0 heterocycles. The quantitative estimate of drug-likeness (QED) is 0.429. The van der Waals surface area contributed by atoms with E-state index in [2.05, 4.69) is 4.84 Å². The first-order valence-corrected chi connectivity index (χ1v) is 3.81. The summed E-state index contributed by atoms with van der Waals surface area (Å²) in [6.07, 6.45) is 0. The number of carbonyl (C=O) groups excluding carboxylic acids is 1. The zero-order valence-corrected chi connectivity index (χ0v) is 7.32. The second-order valence-corrected chi connectivity index (χ2v) is 2.55. The lowest BCUT2D eigenvalue weighted by Gasteiger charge is -2.02. The van der Waals surface area contributed by atoms with Crippen molar-refractivity contribution in [3.05, 3.63) is 29.8 Å². The molecule has 0 atom stereocenters. The molecule has 4 nitrogen and oxygen atoms in total. The number of rotatable bonds is 3. The molecule has 0 saturated carbocycles. The van der Waals surface area contributed by atoms with Crippen LogP contribution in [0.15, 0.2) is 24.3 Å². The standard InChI is InChI=1S/C9H11NO3/c1-7(11)13-9-4-2-8(3-5-9)6-12-10/h2-5H,6,10H2,1H3. The molecule has 4 heteroatoms. The third-order valence-electron chi connectivity index (χ3n) is 1.43. The van der Waals surface area contributed by atoms with Crippen LogP contribution in [0.5, 0.6) is 5.75 Å². The van der Waals surface area contributed by atoms with Crippen molar-refractivity contribution in [2.45, 2.75) is 13.5 Å². The lowest BCUT2D eigenvalue weighted by atomic mass is 10.2. The molecule has 1 aromatic rings. The van der Waals surface area contributed by atoms with E-state index in [-0.39, 0.29) is 5.97 Å². The van der Waals surface area contributed by atoms with Crippen LogP contribution < -0.4 is 10.6 Å². The Hall–Kier alpha value is -1.39. The number of carbonyl (C=O) groups is 1. The van der Waals surface area contributed by atoms with Crippen molar-refractivity contribution in [2.24, 2.45) is 5.90 Å². The summed E-state index contributed by atoms with van der Waals surface area (Å²) in [5, 5.41) is 0. The number of ether oxygens (including phenoxy) is 1. The van der Waals surface area contributed by atoms with E-state index >= 15 is 0 Å². The van der Waals surface area contributed by atoms with Crippen LogP contribution in [0.25, 0.3) is 0 Å². The van der Waals surface area contributed by atoms with Gasteiger partial charge in [0.2, 0.25) is 0 Å². The van der Waals surface area contributed by atoms with E-state index in [0.717, 1.165) is 5.56 Å². The lowest BCUT2D eigenvalue weighted by Crippen LogP contribution is -2.02. The normalized spacial score (nSPS) is 9.69. The van der Waals surface area contributed by atoms with Crippen molar-refractivity contribution in [3.8, 4) is 5.75 Å². The molecule has 0 fully saturated rings. The van der Waals surface area contributed by atoms with E-state index in [0.29, 0.717) is 12.4 Å². The first-order valence-electron chi connectivity index (χ1n) is 3.81. The average Bonchev–Trinajstić information content (AvgIpc) is 2.08. The van der Waals surface area contributed by atoms with Gasteiger partial charge in [0.15, 0.2) is 0 Å². The Balaban J connectivity index is 2.64. The van der Waals surface area contributed by atoms with Crippen molar-refractivity contribution in [1.29, 1.82) is 0 Å². The lowest BCUT2D eigenvalue weighted by molar-refractivity contribution is -0.131. The van der Waals surface area contributed by atoms with E-state index in [1.165, 1.54) is 6.92 Å². The number of hydrogen-bond acceptors (Lipinski definition) is 4. The van der Waals surface area contributed by atoms with E-state index < -0.39 is 0 Å². The summed E-state index contributed by atoms with van der Waals surface area (Å²) in [6, 6.07) is 6.95. The highest BCUT2D eigenvalue weighted by Gasteiger charge is 1.97. The molecule has 0 unspecified atom stereocenters. The fourth-order valence-corrected chi connectivity index (χ4v) is 0.916. The predicted octanol–water partition coefficient (Wildman–Crippen LogP) is 1.00. The summed E-state index contributed by atoms with van der Waals surface area (Å²) in [5.74, 6) is 5.08. The van der Waals surface area contributed by atoms with Gasteiger partial charge >= 0.3 is 5.97 Å². The largest absolute Gasteiger partial charge is 0.427 e. The van der Waals surface area contributed by atoms with Gasteiger partial charge in [-0.3, -0.25) is 9.63 Å². The maximum Gasteiger partial charge on any atom is 0.308 e. The fourth-order valence-electron chi connectivity index (χ4n) is 0.916. The highest BCUT2D eigenvalue weighted by molar-refractivity contribution is 5.69. The predicted molar refractivity (Wildman–Crippen MR) is 46.7 cm³/mol. The minimum Gasteiger partial charge on any atom is -0.427 e. The Kier molecular flexibility index (Phi) is 3.42. The average molecular weight is 181 g/mol.